The van der Waals surface area contributed by atoms with E-state index in [0.717, 1.165) is 14.7 Å². The first kappa shape index (κ1) is 21.4. The van der Waals surface area contributed by atoms with Gasteiger partial charge in [-0.05, 0) is 84.0 Å². The molecule has 1 heterocycles. The first-order chi connectivity index (χ1) is 13.9. The molecule has 0 aliphatic carbocycles. The Hall–Kier alpha value is -2.32. The maximum atomic E-state index is 12.3. The van der Waals surface area contributed by atoms with Gasteiger partial charge in [-0.15, -0.1) is 0 Å². The SMILES string of the molecule is C=C(C)COc1c(Cl)cc(C=C2N=C(c3cccc(I)c3)OC2=O)cc1OCC. The summed E-state index contributed by atoms with van der Waals surface area (Å²) in [6.45, 7) is 8.32. The first-order valence-corrected chi connectivity index (χ1v) is 10.3. The van der Waals surface area contributed by atoms with Gasteiger partial charge in [0.1, 0.15) is 6.61 Å². The Balaban J connectivity index is 1.94. The normalized spacial score (nSPS) is 14.6. The topological polar surface area (TPSA) is 57.1 Å². The van der Waals surface area contributed by atoms with Crippen LogP contribution in [0.2, 0.25) is 5.02 Å². The van der Waals surface area contributed by atoms with E-state index in [9.17, 15) is 4.79 Å². The van der Waals surface area contributed by atoms with Crippen molar-refractivity contribution < 1.29 is 19.0 Å². The third-order valence-electron chi connectivity index (χ3n) is 3.79. The van der Waals surface area contributed by atoms with Crippen molar-refractivity contribution in [1.82, 2.24) is 0 Å². The summed E-state index contributed by atoms with van der Waals surface area (Å²) < 4.78 is 17.7. The Labute approximate surface area is 188 Å². The highest BCUT2D eigenvalue weighted by Gasteiger charge is 2.24. The molecule has 2 aromatic rings. The number of carbonyl (C=O) groups excluding carboxylic acids is 1. The maximum Gasteiger partial charge on any atom is 0.363 e. The minimum atomic E-state index is -0.518. The summed E-state index contributed by atoms with van der Waals surface area (Å²) in [6.07, 6.45) is 1.61. The van der Waals surface area contributed by atoms with Crippen molar-refractivity contribution >= 4 is 52.1 Å². The number of rotatable bonds is 7. The summed E-state index contributed by atoms with van der Waals surface area (Å²) in [6, 6.07) is 11.0. The fourth-order valence-corrected chi connectivity index (χ4v) is 3.40. The van der Waals surface area contributed by atoms with Gasteiger partial charge < -0.3 is 14.2 Å². The van der Waals surface area contributed by atoms with Crippen LogP contribution in [0.1, 0.15) is 25.0 Å². The van der Waals surface area contributed by atoms with Crippen LogP contribution in [0.25, 0.3) is 6.08 Å². The lowest BCUT2D eigenvalue weighted by Gasteiger charge is -2.14. The fraction of sp³-hybridized carbons (Fsp3) is 0.182. The van der Waals surface area contributed by atoms with Crippen LogP contribution < -0.4 is 9.47 Å². The van der Waals surface area contributed by atoms with E-state index < -0.39 is 5.97 Å². The van der Waals surface area contributed by atoms with Crippen LogP contribution in [0.5, 0.6) is 11.5 Å². The molecule has 0 unspecified atom stereocenters. The molecule has 2 aromatic carbocycles. The van der Waals surface area contributed by atoms with Crippen molar-refractivity contribution in [1.29, 1.82) is 0 Å². The van der Waals surface area contributed by atoms with Crippen LogP contribution in [-0.4, -0.2) is 25.1 Å². The summed E-state index contributed by atoms with van der Waals surface area (Å²) in [5.41, 5.74) is 2.44. The fourth-order valence-electron chi connectivity index (χ4n) is 2.58. The Kier molecular flexibility index (Phi) is 6.97. The molecule has 0 saturated carbocycles. The number of halogens is 2. The van der Waals surface area contributed by atoms with Gasteiger partial charge in [-0.2, -0.15) is 0 Å². The second-order valence-electron chi connectivity index (χ2n) is 6.36. The lowest BCUT2D eigenvalue weighted by Crippen LogP contribution is -2.05. The number of hydrogen-bond donors (Lipinski definition) is 0. The lowest BCUT2D eigenvalue weighted by molar-refractivity contribution is -0.129. The minimum Gasteiger partial charge on any atom is -0.490 e. The zero-order valence-corrected chi connectivity index (χ0v) is 18.9. The van der Waals surface area contributed by atoms with Gasteiger partial charge in [0, 0.05) is 9.13 Å². The average Bonchev–Trinajstić information content (AvgIpc) is 3.02. The molecule has 3 rings (SSSR count). The number of aliphatic imine (C=N–C) groups is 1. The predicted octanol–water partition coefficient (Wildman–Crippen LogP) is 5.64. The number of cyclic esters (lactones) is 1. The van der Waals surface area contributed by atoms with Crippen LogP contribution >= 0.6 is 34.2 Å². The first-order valence-electron chi connectivity index (χ1n) is 8.89. The van der Waals surface area contributed by atoms with Gasteiger partial charge >= 0.3 is 5.97 Å². The zero-order valence-electron chi connectivity index (χ0n) is 16.0. The summed E-state index contributed by atoms with van der Waals surface area (Å²) >= 11 is 8.59. The molecule has 0 N–H and O–H groups in total. The van der Waals surface area contributed by atoms with Gasteiger partial charge in [-0.25, -0.2) is 9.79 Å². The second kappa shape index (κ2) is 9.45. The van der Waals surface area contributed by atoms with Gasteiger partial charge in [-0.3, -0.25) is 0 Å². The molecule has 0 spiro atoms. The molecule has 1 aliphatic heterocycles. The van der Waals surface area contributed by atoms with E-state index in [0.29, 0.717) is 35.3 Å². The molecule has 0 bridgehead atoms. The molecule has 1 aliphatic rings. The third kappa shape index (κ3) is 5.39. The molecule has 5 nitrogen and oxygen atoms in total. The van der Waals surface area contributed by atoms with E-state index in [-0.39, 0.29) is 11.6 Å². The summed E-state index contributed by atoms with van der Waals surface area (Å²) in [7, 11) is 0. The minimum absolute atomic E-state index is 0.188. The van der Waals surface area contributed by atoms with E-state index >= 15 is 0 Å². The average molecular weight is 524 g/mol. The molecule has 0 amide bonds. The zero-order chi connectivity index (χ0) is 21.0. The highest BCUT2D eigenvalue weighted by atomic mass is 127. The predicted molar refractivity (Wildman–Crippen MR) is 123 cm³/mol. The van der Waals surface area contributed by atoms with Crippen molar-refractivity contribution in [3.05, 3.63) is 74.0 Å². The van der Waals surface area contributed by atoms with E-state index in [1.165, 1.54) is 0 Å². The Bertz CT molecular complexity index is 1030. The molecular formula is C22H19ClINO4. The number of benzene rings is 2. The van der Waals surface area contributed by atoms with Gasteiger partial charge in [0.2, 0.25) is 5.90 Å². The molecule has 0 radical (unpaired) electrons. The van der Waals surface area contributed by atoms with Gasteiger partial charge in [-0.1, -0.05) is 24.2 Å². The highest BCUT2D eigenvalue weighted by molar-refractivity contribution is 14.1. The van der Waals surface area contributed by atoms with Crippen LogP contribution in [0.15, 0.2) is 59.2 Å². The Morgan fingerprint density at radius 2 is 2.10 bits per heavy atom. The number of carbonyl (C=O) groups is 1. The number of esters is 1. The van der Waals surface area contributed by atoms with Crippen molar-refractivity contribution in [2.45, 2.75) is 13.8 Å². The summed E-state index contributed by atoms with van der Waals surface area (Å²) in [4.78, 5) is 16.6. The Morgan fingerprint density at radius 1 is 1.31 bits per heavy atom. The largest absolute Gasteiger partial charge is 0.490 e. The van der Waals surface area contributed by atoms with Crippen LogP contribution in [0.4, 0.5) is 0 Å². The van der Waals surface area contributed by atoms with Crippen molar-refractivity contribution in [2.24, 2.45) is 4.99 Å². The van der Waals surface area contributed by atoms with Crippen molar-refractivity contribution in [2.75, 3.05) is 13.2 Å². The molecule has 150 valence electrons. The van der Waals surface area contributed by atoms with Crippen LogP contribution in [0.3, 0.4) is 0 Å². The van der Waals surface area contributed by atoms with Crippen LogP contribution in [0, 0.1) is 3.57 Å². The van der Waals surface area contributed by atoms with E-state index in [4.69, 9.17) is 25.8 Å². The van der Waals surface area contributed by atoms with Crippen LogP contribution in [-0.2, 0) is 9.53 Å². The highest BCUT2D eigenvalue weighted by Crippen LogP contribution is 2.38. The Morgan fingerprint density at radius 3 is 2.79 bits per heavy atom. The number of ether oxygens (including phenoxy) is 3. The van der Waals surface area contributed by atoms with Gasteiger partial charge in [0.15, 0.2) is 17.2 Å². The second-order valence-corrected chi connectivity index (χ2v) is 8.01. The monoisotopic (exact) mass is 523 g/mol. The maximum absolute atomic E-state index is 12.3. The summed E-state index contributed by atoms with van der Waals surface area (Å²) in [5, 5.41) is 0.372. The third-order valence-corrected chi connectivity index (χ3v) is 4.74. The standard InChI is InChI=1S/C22H19ClINO4/c1-4-27-19-10-14(8-17(23)20(19)28-12-13(2)3)9-18-22(26)29-21(25-18)15-6-5-7-16(24)11-15/h5-11H,2,4,12H2,1,3H3. The molecular weight excluding hydrogens is 505 g/mol. The molecule has 0 aromatic heterocycles. The van der Waals surface area contributed by atoms with Gasteiger partial charge in [0.25, 0.3) is 0 Å². The van der Waals surface area contributed by atoms with Crippen molar-refractivity contribution in [3.63, 3.8) is 0 Å². The number of nitrogens with zero attached hydrogens (tertiary/aromatic N) is 1. The van der Waals surface area contributed by atoms with E-state index in [1.807, 2.05) is 38.1 Å². The quantitative estimate of drug-likeness (QED) is 0.204. The molecule has 0 fully saturated rings. The van der Waals surface area contributed by atoms with E-state index in [1.54, 1.807) is 18.2 Å². The number of hydrogen-bond acceptors (Lipinski definition) is 5. The van der Waals surface area contributed by atoms with E-state index in [2.05, 4.69) is 34.2 Å². The van der Waals surface area contributed by atoms with Gasteiger partial charge in [0.05, 0.1) is 11.6 Å². The molecule has 7 heteroatoms. The molecule has 0 saturated heterocycles. The lowest BCUT2D eigenvalue weighted by atomic mass is 10.1. The molecule has 29 heavy (non-hydrogen) atoms. The molecule has 0 atom stereocenters. The van der Waals surface area contributed by atoms with Crippen molar-refractivity contribution in [3.8, 4) is 11.5 Å². The smallest absolute Gasteiger partial charge is 0.363 e. The summed E-state index contributed by atoms with van der Waals surface area (Å²) in [5.74, 6) is 0.685.